The minimum atomic E-state index is 0. The van der Waals surface area contributed by atoms with Crippen LogP contribution in [0.15, 0.2) is 17.6 Å². The highest BCUT2D eigenvalue weighted by Crippen LogP contribution is 2.57. The average molecular weight is 405 g/mol. The summed E-state index contributed by atoms with van der Waals surface area (Å²) in [5, 5.41) is 3.44. The van der Waals surface area contributed by atoms with Gasteiger partial charge in [0.25, 0.3) is 0 Å². The standard InChI is InChI=1S/C17H31N3.HI/c1-4-6-7-13-20(3)16(18-5-2)19-14-17(11-8-12-17)15-9-10-15;/h4,15H,1,5-14H2,2-3H3,(H,18,19);1H. The fraction of sp³-hybridized carbons (Fsp3) is 0.824. The Bertz CT molecular complexity index is 346. The summed E-state index contributed by atoms with van der Waals surface area (Å²) in [4.78, 5) is 7.22. The second kappa shape index (κ2) is 9.01. The molecule has 0 aromatic rings. The summed E-state index contributed by atoms with van der Waals surface area (Å²) < 4.78 is 0. The third-order valence-corrected chi connectivity index (χ3v) is 4.93. The van der Waals surface area contributed by atoms with E-state index < -0.39 is 0 Å². The molecule has 0 aromatic heterocycles. The quantitative estimate of drug-likeness (QED) is 0.217. The number of allylic oxidation sites excluding steroid dienone is 1. The van der Waals surface area contributed by atoms with E-state index in [1.807, 2.05) is 6.08 Å². The molecule has 1 N–H and O–H groups in total. The van der Waals surface area contributed by atoms with E-state index in [2.05, 4.69) is 30.8 Å². The minimum absolute atomic E-state index is 0. The van der Waals surface area contributed by atoms with Crippen molar-refractivity contribution in [2.75, 3.05) is 26.7 Å². The van der Waals surface area contributed by atoms with Gasteiger partial charge in [-0.15, -0.1) is 30.6 Å². The second-order valence-electron chi connectivity index (χ2n) is 6.51. The summed E-state index contributed by atoms with van der Waals surface area (Å²) in [5.41, 5.74) is 0.572. The third-order valence-electron chi connectivity index (χ3n) is 4.93. The van der Waals surface area contributed by atoms with Crippen LogP contribution in [0.5, 0.6) is 0 Å². The maximum absolute atomic E-state index is 4.95. The van der Waals surface area contributed by atoms with Gasteiger partial charge in [-0.2, -0.15) is 0 Å². The number of hydrogen-bond acceptors (Lipinski definition) is 1. The molecular weight excluding hydrogens is 373 g/mol. The number of halogens is 1. The van der Waals surface area contributed by atoms with E-state index in [0.717, 1.165) is 44.4 Å². The van der Waals surface area contributed by atoms with Crippen molar-refractivity contribution in [1.29, 1.82) is 0 Å². The van der Waals surface area contributed by atoms with E-state index in [-0.39, 0.29) is 24.0 Å². The second-order valence-corrected chi connectivity index (χ2v) is 6.51. The van der Waals surface area contributed by atoms with Crippen LogP contribution >= 0.6 is 24.0 Å². The highest BCUT2D eigenvalue weighted by atomic mass is 127. The van der Waals surface area contributed by atoms with Crippen molar-refractivity contribution < 1.29 is 0 Å². The molecular formula is C17H32IN3. The fourth-order valence-corrected chi connectivity index (χ4v) is 3.30. The maximum atomic E-state index is 4.95. The molecule has 2 aliphatic carbocycles. The van der Waals surface area contributed by atoms with Crippen molar-refractivity contribution in [2.45, 2.75) is 51.9 Å². The Hall–Kier alpha value is -0.260. The Morgan fingerprint density at radius 2 is 2.14 bits per heavy atom. The number of nitrogens with one attached hydrogen (secondary N) is 1. The molecule has 4 heteroatoms. The van der Waals surface area contributed by atoms with E-state index >= 15 is 0 Å². The van der Waals surface area contributed by atoms with Crippen LogP contribution in [-0.4, -0.2) is 37.5 Å². The van der Waals surface area contributed by atoms with Gasteiger partial charge in [-0.1, -0.05) is 12.5 Å². The zero-order valence-electron chi connectivity index (χ0n) is 13.7. The van der Waals surface area contributed by atoms with Gasteiger partial charge in [0.2, 0.25) is 0 Å². The molecule has 0 unspecified atom stereocenters. The number of aliphatic imine (C=N–C) groups is 1. The topological polar surface area (TPSA) is 27.6 Å². The first-order valence-corrected chi connectivity index (χ1v) is 8.32. The van der Waals surface area contributed by atoms with Crippen molar-refractivity contribution >= 4 is 29.9 Å². The normalized spacial score (nSPS) is 20.2. The van der Waals surface area contributed by atoms with Gasteiger partial charge >= 0.3 is 0 Å². The predicted octanol–water partition coefficient (Wildman–Crippen LogP) is 4.05. The van der Waals surface area contributed by atoms with Gasteiger partial charge < -0.3 is 10.2 Å². The monoisotopic (exact) mass is 405 g/mol. The highest BCUT2D eigenvalue weighted by Gasteiger charge is 2.48. The van der Waals surface area contributed by atoms with Gasteiger partial charge in [0, 0.05) is 26.7 Å². The zero-order chi connectivity index (χ0) is 14.4. The van der Waals surface area contributed by atoms with E-state index in [4.69, 9.17) is 4.99 Å². The maximum Gasteiger partial charge on any atom is 0.193 e. The molecule has 2 rings (SSSR count). The Morgan fingerprint density at radius 1 is 1.43 bits per heavy atom. The van der Waals surface area contributed by atoms with Gasteiger partial charge in [0.15, 0.2) is 5.96 Å². The van der Waals surface area contributed by atoms with Crippen molar-refractivity contribution in [3.8, 4) is 0 Å². The van der Waals surface area contributed by atoms with Crippen molar-refractivity contribution in [3.05, 3.63) is 12.7 Å². The number of unbranched alkanes of at least 4 members (excludes halogenated alkanes) is 1. The highest BCUT2D eigenvalue weighted by molar-refractivity contribution is 14.0. The van der Waals surface area contributed by atoms with Crippen LogP contribution < -0.4 is 5.32 Å². The number of rotatable bonds is 8. The molecule has 122 valence electrons. The van der Waals surface area contributed by atoms with Gasteiger partial charge in [-0.05, 0) is 56.8 Å². The smallest absolute Gasteiger partial charge is 0.193 e. The minimum Gasteiger partial charge on any atom is -0.357 e. The Labute approximate surface area is 147 Å². The first kappa shape index (κ1) is 18.8. The summed E-state index contributed by atoms with van der Waals surface area (Å²) in [6.45, 7) is 8.96. The molecule has 2 aliphatic rings. The average Bonchev–Trinajstić information content (AvgIpc) is 3.21. The van der Waals surface area contributed by atoms with Crippen molar-refractivity contribution in [2.24, 2.45) is 16.3 Å². The van der Waals surface area contributed by atoms with Crippen LogP contribution in [0.1, 0.15) is 51.9 Å². The lowest BCUT2D eigenvalue weighted by Gasteiger charge is -2.41. The van der Waals surface area contributed by atoms with Gasteiger partial charge in [0.05, 0.1) is 0 Å². The van der Waals surface area contributed by atoms with E-state index in [1.54, 1.807) is 0 Å². The molecule has 0 aromatic carbocycles. The molecule has 0 amide bonds. The van der Waals surface area contributed by atoms with Crippen LogP contribution in [0, 0.1) is 11.3 Å². The third kappa shape index (κ3) is 5.15. The number of nitrogens with zero attached hydrogens (tertiary/aromatic N) is 2. The van der Waals surface area contributed by atoms with Crippen LogP contribution in [0.3, 0.4) is 0 Å². The number of hydrogen-bond donors (Lipinski definition) is 1. The van der Waals surface area contributed by atoms with Crippen LogP contribution in [-0.2, 0) is 0 Å². The van der Waals surface area contributed by atoms with Gasteiger partial charge in [-0.3, -0.25) is 4.99 Å². The predicted molar refractivity (Wildman–Crippen MR) is 102 cm³/mol. The zero-order valence-corrected chi connectivity index (χ0v) is 16.1. The van der Waals surface area contributed by atoms with E-state index in [9.17, 15) is 0 Å². The lowest BCUT2D eigenvalue weighted by molar-refractivity contribution is 0.113. The van der Waals surface area contributed by atoms with E-state index in [0.29, 0.717) is 5.41 Å². The van der Waals surface area contributed by atoms with Crippen LogP contribution in [0.2, 0.25) is 0 Å². The Kier molecular flexibility index (Phi) is 8.06. The summed E-state index contributed by atoms with van der Waals surface area (Å²) >= 11 is 0. The number of guanidine groups is 1. The summed E-state index contributed by atoms with van der Waals surface area (Å²) in [5.74, 6) is 2.07. The van der Waals surface area contributed by atoms with Crippen LogP contribution in [0.4, 0.5) is 0 Å². The Balaban J connectivity index is 0.00000220. The molecule has 3 nitrogen and oxygen atoms in total. The first-order chi connectivity index (χ1) is 9.72. The summed E-state index contributed by atoms with van der Waals surface area (Å²) in [7, 11) is 2.15. The molecule has 0 atom stereocenters. The largest absolute Gasteiger partial charge is 0.357 e. The molecule has 21 heavy (non-hydrogen) atoms. The van der Waals surface area contributed by atoms with Gasteiger partial charge in [-0.25, -0.2) is 0 Å². The summed E-state index contributed by atoms with van der Waals surface area (Å²) in [6, 6.07) is 0. The molecule has 2 saturated carbocycles. The Morgan fingerprint density at radius 3 is 2.62 bits per heavy atom. The van der Waals surface area contributed by atoms with Crippen LogP contribution in [0.25, 0.3) is 0 Å². The molecule has 0 aliphatic heterocycles. The molecule has 0 saturated heterocycles. The molecule has 2 fully saturated rings. The SMILES string of the molecule is C=CCCCN(C)C(=NCC1(C2CC2)CCC1)NCC.I. The first-order valence-electron chi connectivity index (χ1n) is 8.32. The van der Waals surface area contributed by atoms with E-state index in [1.165, 1.54) is 32.1 Å². The van der Waals surface area contributed by atoms with Crippen molar-refractivity contribution in [3.63, 3.8) is 0 Å². The molecule has 0 radical (unpaired) electrons. The summed E-state index contributed by atoms with van der Waals surface area (Å²) in [6.07, 6.45) is 11.3. The lowest BCUT2D eigenvalue weighted by Crippen LogP contribution is -2.42. The molecule has 0 heterocycles. The molecule has 0 spiro atoms. The fourth-order valence-electron chi connectivity index (χ4n) is 3.30. The van der Waals surface area contributed by atoms with Gasteiger partial charge in [0.1, 0.15) is 0 Å². The molecule has 0 bridgehead atoms. The lowest BCUT2D eigenvalue weighted by atomic mass is 9.65. The van der Waals surface area contributed by atoms with Crippen molar-refractivity contribution in [1.82, 2.24) is 10.2 Å².